The molecule has 0 aliphatic heterocycles. The highest BCUT2D eigenvalue weighted by Crippen LogP contribution is 2.33. The Kier molecular flexibility index (Phi) is 1.82. The third-order valence-corrected chi connectivity index (χ3v) is 2.71. The predicted molar refractivity (Wildman–Crippen MR) is 63.2 cm³/mol. The summed E-state index contributed by atoms with van der Waals surface area (Å²) in [4.78, 5) is 2.66. The van der Waals surface area contributed by atoms with Crippen LogP contribution in [0.5, 0.6) is 0 Å². The minimum Gasteiger partial charge on any atom is -0.456 e. The molecule has 0 spiro atoms. The first-order valence-electron chi connectivity index (χ1n) is 4.67. The molecule has 2 aromatic carbocycles. The fraction of sp³-hybridized carbons (Fsp3) is 0. The zero-order valence-electron chi connectivity index (χ0n) is 7.83. The number of benzene rings is 2. The maximum atomic E-state index is 5.70. The zero-order chi connectivity index (χ0) is 10.3. The average molecular weight is 218 g/mol. The van der Waals surface area contributed by atoms with E-state index in [9.17, 15) is 0 Å². The number of hydrogen-bond donors (Lipinski definition) is 1. The van der Waals surface area contributed by atoms with Gasteiger partial charge in [0, 0.05) is 17.2 Å². The van der Waals surface area contributed by atoms with Crippen LogP contribution < -0.4 is 4.84 Å². The Morgan fingerprint density at radius 3 is 2.60 bits per heavy atom. The number of fused-ring (bicyclic) bond motifs is 3. The van der Waals surface area contributed by atoms with Crippen molar-refractivity contribution in [3.8, 4) is 0 Å². The molecule has 1 N–H and O–H groups in total. The molecule has 0 aliphatic carbocycles. The minimum atomic E-state index is 0.849. The van der Waals surface area contributed by atoms with Crippen molar-refractivity contribution in [2.45, 2.75) is 0 Å². The summed E-state index contributed by atoms with van der Waals surface area (Å²) < 4.78 is 5.70. The largest absolute Gasteiger partial charge is 0.456 e. The molecule has 2 nitrogen and oxygen atoms in total. The zero-order valence-corrected chi connectivity index (χ0v) is 8.58. The van der Waals surface area contributed by atoms with Gasteiger partial charge in [-0.25, -0.2) is 0 Å². The van der Waals surface area contributed by atoms with Gasteiger partial charge in [0.05, 0.1) is 11.1 Å². The first-order chi connectivity index (χ1) is 7.40. The number of halogens is 1. The van der Waals surface area contributed by atoms with Gasteiger partial charge in [-0.3, -0.25) is 4.84 Å². The quantitative estimate of drug-likeness (QED) is 0.620. The molecule has 15 heavy (non-hydrogen) atoms. The minimum absolute atomic E-state index is 0.849. The monoisotopic (exact) mass is 217 g/mol. The van der Waals surface area contributed by atoms with Gasteiger partial charge in [-0.2, -0.15) is 0 Å². The Morgan fingerprint density at radius 1 is 0.933 bits per heavy atom. The van der Waals surface area contributed by atoms with Gasteiger partial charge in [0.2, 0.25) is 0 Å². The third-order valence-electron chi connectivity index (χ3n) is 2.50. The highest BCUT2D eigenvalue weighted by atomic mass is 35.5. The molecule has 0 bridgehead atoms. The molecule has 3 rings (SSSR count). The molecule has 0 saturated carbocycles. The average Bonchev–Trinajstić information content (AvgIpc) is 2.67. The summed E-state index contributed by atoms with van der Waals surface area (Å²) in [6.45, 7) is 0. The standard InChI is InChI=1S/C12H8ClNO/c13-14-9-5-3-7-11-12(9)8-4-1-2-6-10(8)15-11/h1-7,14H. The predicted octanol–water partition coefficient (Wildman–Crippen LogP) is 4.15. The fourth-order valence-electron chi connectivity index (χ4n) is 1.85. The van der Waals surface area contributed by atoms with Crippen molar-refractivity contribution in [1.82, 2.24) is 0 Å². The third kappa shape index (κ3) is 1.18. The number of nitrogens with one attached hydrogen (secondary N) is 1. The van der Waals surface area contributed by atoms with Gasteiger partial charge in [-0.05, 0) is 18.2 Å². The summed E-state index contributed by atoms with van der Waals surface area (Å²) in [5.41, 5.74) is 2.60. The Balaban J connectivity index is 2.56. The summed E-state index contributed by atoms with van der Waals surface area (Å²) >= 11 is 5.67. The van der Waals surface area contributed by atoms with Crippen LogP contribution >= 0.6 is 11.8 Å². The maximum absolute atomic E-state index is 5.70. The number of para-hydroxylation sites is 1. The summed E-state index contributed by atoms with van der Waals surface area (Å²) in [6, 6.07) is 13.7. The molecule has 3 aromatic rings. The molecule has 0 amide bonds. The van der Waals surface area contributed by atoms with Gasteiger partial charge < -0.3 is 4.42 Å². The van der Waals surface area contributed by atoms with Crippen LogP contribution in [-0.4, -0.2) is 0 Å². The van der Waals surface area contributed by atoms with Crippen LogP contribution in [0.1, 0.15) is 0 Å². The smallest absolute Gasteiger partial charge is 0.137 e. The lowest BCUT2D eigenvalue weighted by molar-refractivity contribution is 0.669. The molecule has 0 aliphatic rings. The van der Waals surface area contributed by atoms with Crippen molar-refractivity contribution in [2.75, 3.05) is 4.84 Å². The molecule has 0 radical (unpaired) electrons. The highest BCUT2D eigenvalue weighted by molar-refractivity contribution is 6.27. The molecule has 0 fully saturated rings. The van der Waals surface area contributed by atoms with E-state index in [2.05, 4.69) is 4.84 Å². The summed E-state index contributed by atoms with van der Waals surface area (Å²) in [5, 5.41) is 2.11. The van der Waals surface area contributed by atoms with E-state index in [-0.39, 0.29) is 0 Å². The Labute approximate surface area is 91.6 Å². The fourth-order valence-corrected chi connectivity index (χ4v) is 2.01. The highest BCUT2D eigenvalue weighted by Gasteiger charge is 2.09. The second-order valence-electron chi connectivity index (χ2n) is 3.37. The Bertz CT molecular complexity index is 630. The van der Waals surface area contributed by atoms with E-state index in [1.807, 2.05) is 42.5 Å². The number of anilines is 1. The van der Waals surface area contributed by atoms with E-state index < -0.39 is 0 Å². The molecule has 1 aromatic heterocycles. The molecule has 1 heterocycles. The second kappa shape index (κ2) is 3.17. The van der Waals surface area contributed by atoms with Gasteiger partial charge in [0.1, 0.15) is 11.2 Å². The maximum Gasteiger partial charge on any atom is 0.137 e. The normalized spacial score (nSPS) is 11.0. The lowest BCUT2D eigenvalue weighted by Gasteiger charge is -1.98. The van der Waals surface area contributed by atoms with Gasteiger partial charge in [0.15, 0.2) is 0 Å². The number of rotatable bonds is 1. The van der Waals surface area contributed by atoms with E-state index in [4.69, 9.17) is 16.2 Å². The van der Waals surface area contributed by atoms with Crippen molar-refractivity contribution in [2.24, 2.45) is 0 Å². The lowest BCUT2D eigenvalue weighted by atomic mass is 10.1. The second-order valence-corrected chi connectivity index (χ2v) is 3.56. The number of furan rings is 1. The van der Waals surface area contributed by atoms with E-state index in [0.717, 1.165) is 27.6 Å². The van der Waals surface area contributed by atoms with Crippen LogP contribution in [0.4, 0.5) is 5.69 Å². The van der Waals surface area contributed by atoms with Gasteiger partial charge >= 0.3 is 0 Å². The van der Waals surface area contributed by atoms with Crippen molar-refractivity contribution in [1.29, 1.82) is 0 Å². The Hall–Kier alpha value is -1.67. The SMILES string of the molecule is ClNc1cccc2oc3ccccc3c12. The first kappa shape index (κ1) is 8.62. The van der Waals surface area contributed by atoms with E-state index in [1.54, 1.807) is 0 Å². The first-order valence-corrected chi connectivity index (χ1v) is 5.05. The van der Waals surface area contributed by atoms with Gasteiger partial charge in [-0.1, -0.05) is 24.3 Å². The topological polar surface area (TPSA) is 25.2 Å². The van der Waals surface area contributed by atoms with Crippen LogP contribution in [0.15, 0.2) is 46.9 Å². The lowest BCUT2D eigenvalue weighted by Crippen LogP contribution is -1.79. The van der Waals surface area contributed by atoms with Crippen LogP contribution in [-0.2, 0) is 0 Å². The van der Waals surface area contributed by atoms with E-state index in [0.29, 0.717) is 0 Å². The molecular formula is C12H8ClNO. The summed E-state index contributed by atoms with van der Waals surface area (Å²) in [7, 11) is 0. The molecular weight excluding hydrogens is 210 g/mol. The molecule has 74 valence electrons. The summed E-state index contributed by atoms with van der Waals surface area (Å²) in [5.74, 6) is 0. The van der Waals surface area contributed by atoms with Crippen LogP contribution in [0.25, 0.3) is 21.9 Å². The summed E-state index contributed by atoms with van der Waals surface area (Å²) in [6.07, 6.45) is 0. The molecule has 3 heteroatoms. The van der Waals surface area contributed by atoms with E-state index in [1.165, 1.54) is 0 Å². The van der Waals surface area contributed by atoms with Gasteiger partial charge in [0.25, 0.3) is 0 Å². The molecule has 0 unspecified atom stereocenters. The Morgan fingerprint density at radius 2 is 1.73 bits per heavy atom. The van der Waals surface area contributed by atoms with Crippen molar-refractivity contribution in [3.63, 3.8) is 0 Å². The molecule has 0 saturated heterocycles. The van der Waals surface area contributed by atoms with Gasteiger partial charge in [-0.15, -0.1) is 0 Å². The van der Waals surface area contributed by atoms with Crippen molar-refractivity contribution in [3.05, 3.63) is 42.5 Å². The number of hydrogen-bond acceptors (Lipinski definition) is 2. The van der Waals surface area contributed by atoms with Crippen LogP contribution in [0.2, 0.25) is 0 Å². The van der Waals surface area contributed by atoms with Crippen LogP contribution in [0.3, 0.4) is 0 Å². The molecule has 0 atom stereocenters. The van der Waals surface area contributed by atoms with Crippen molar-refractivity contribution >= 4 is 39.4 Å². The van der Waals surface area contributed by atoms with Crippen LogP contribution in [0, 0.1) is 0 Å². The van der Waals surface area contributed by atoms with Crippen molar-refractivity contribution < 1.29 is 4.42 Å². The van der Waals surface area contributed by atoms with E-state index >= 15 is 0 Å².